The first-order valence-electron chi connectivity index (χ1n) is 7.88. The third kappa shape index (κ3) is 4.25. The van der Waals surface area contributed by atoms with Gasteiger partial charge in [-0.25, -0.2) is 0 Å². The first kappa shape index (κ1) is 18.0. The number of amides is 1. The summed E-state index contributed by atoms with van der Waals surface area (Å²) < 4.78 is 2.52. The molecule has 3 rings (SSSR count). The summed E-state index contributed by atoms with van der Waals surface area (Å²) in [5.74, 6) is -0.266. The van der Waals surface area contributed by atoms with Gasteiger partial charge in [-0.15, -0.1) is 0 Å². The fraction of sp³-hybridized carbons (Fsp3) is 0.105. The number of pyridine rings is 1. The molecule has 0 aliphatic carbocycles. The molecule has 7 heteroatoms. The summed E-state index contributed by atoms with van der Waals surface area (Å²) in [4.78, 5) is 16.3. The molecule has 6 nitrogen and oxygen atoms in total. The van der Waals surface area contributed by atoms with Crippen LogP contribution in [0.3, 0.4) is 0 Å². The van der Waals surface area contributed by atoms with Gasteiger partial charge >= 0.3 is 0 Å². The average Bonchev–Trinajstić information content (AvgIpc) is 3.08. The molecule has 2 aromatic heterocycles. The monoisotopic (exact) mass is 412 g/mol. The third-order valence-electron chi connectivity index (χ3n) is 3.77. The molecule has 132 valence electrons. The molecule has 0 saturated carbocycles. The Hall–Kier alpha value is -2.77. The minimum Gasteiger partial charge on any atom is -0.392 e. The van der Waals surface area contributed by atoms with E-state index in [0.29, 0.717) is 11.3 Å². The lowest BCUT2D eigenvalue weighted by Crippen LogP contribution is -2.08. The molecule has 1 amide bonds. The molecule has 3 aromatic rings. The summed E-state index contributed by atoms with van der Waals surface area (Å²) in [6.07, 6.45) is 10.3. The van der Waals surface area contributed by atoms with Gasteiger partial charge in [0.25, 0.3) is 0 Å². The second-order valence-corrected chi connectivity index (χ2v) is 6.51. The van der Waals surface area contributed by atoms with Crippen molar-refractivity contribution in [2.45, 2.75) is 6.61 Å². The molecule has 1 aromatic carbocycles. The highest BCUT2D eigenvalue weighted by Crippen LogP contribution is 2.24. The van der Waals surface area contributed by atoms with E-state index in [2.05, 4.69) is 31.3 Å². The smallest absolute Gasteiger partial charge is 0.248 e. The maximum Gasteiger partial charge on any atom is 0.248 e. The van der Waals surface area contributed by atoms with Gasteiger partial charge in [-0.2, -0.15) is 5.10 Å². The second-order valence-electron chi connectivity index (χ2n) is 5.65. The van der Waals surface area contributed by atoms with Gasteiger partial charge in [0.2, 0.25) is 5.91 Å². The largest absolute Gasteiger partial charge is 0.392 e. The number of nitrogens with one attached hydrogen (secondary N) is 1. The van der Waals surface area contributed by atoms with E-state index in [-0.39, 0.29) is 12.5 Å². The summed E-state index contributed by atoms with van der Waals surface area (Å²) in [7, 11) is 1.85. The Kier molecular flexibility index (Phi) is 5.60. The van der Waals surface area contributed by atoms with Gasteiger partial charge in [0.15, 0.2) is 0 Å². The van der Waals surface area contributed by atoms with E-state index in [1.165, 1.54) is 6.08 Å². The first-order chi connectivity index (χ1) is 12.6. The maximum atomic E-state index is 12.2. The molecule has 0 aliphatic rings. The van der Waals surface area contributed by atoms with Crippen molar-refractivity contribution < 1.29 is 9.90 Å². The highest BCUT2D eigenvalue weighted by molar-refractivity contribution is 9.10. The molecule has 0 aliphatic heterocycles. The fourth-order valence-corrected chi connectivity index (χ4v) is 2.86. The van der Waals surface area contributed by atoms with Gasteiger partial charge in [-0.05, 0) is 41.5 Å². The van der Waals surface area contributed by atoms with Crippen molar-refractivity contribution in [2.75, 3.05) is 5.32 Å². The molecule has 0 atom stereocenters. The van der Waals surface area contributed by atoms with E-state index in [4.69, 9.17) is 0 Å². The van der Waals surface area contributed by atoms with Crippen LogP contribution in [-0.2, 0) is 18.4 Å². The number of aromatic nitrogens is 3. The summed E-state index contributed by atoms with van der Waals surface area (Å²) in [5, 5.41) is 16.3. The van der Waals surface area contributed by atoms with E-state index in [9.17, 15) is 9.90 Å². The Labute approximate surface area is 159 Å². The lowest BCUT2D eigenvalue weighted by molar-refractivity contribution is -0.111. The van der Waals surface area contributed by atoms with Gasteiger partial charge in [0.1, 0.15) is 0 Å². The number of aryl methyl sites for hydroxylation is 1. The summed E-state index contributed by atoms with van der Waals surface area (Å²) >= 11 is 3.35. The Morgan fingerprint density at radius 1 is 1.35 bits per heavy atom. The van der Waals surface area contributed by atoms with Crippen LogP contribution in [0.4, 0.5) is 5.69 Å². The van der Waals surface area contributed by atoms with Crippen molar-refractivity contribution in [2.24, 2.45) is 7.05 Å². The van der Waals surface area contributed by atoms with Crippen molar-refractivity contribution in [1.29, 1.82) is 0 Å². The van der Waals surface area contributed by atoms with Crippen LogP contribution in [0.15, 0.2) is 59.6 Å². The average molecular weight is 413 g/mol. The first-order valence-corrected chi connectivity index (χ1v) is 8.67. The summed E-state index contributed by atoms with van der Waals surface area (Å²) in [6.45, 7) is -0.107. The molecule has 0 bridgehead atoms. The predicted octanol–water partition coefficient (Wildman–Crippen LogP) is 3.39. The number of anilines is 1. The SMILES string of the molecule is Cn1cc(-c2ccncc2/C=C/C(=O)Nc2ccc(Br)c(CO)c2)cn1. The van der Waals surface area contributed by atoms with Crippen LogP contribution in [0.2, 0.25) is 0 Å². The van der Waals surface area contributed by atoms with Crippen LogP contribution >= 0.6 is 15.9 Å². The zero-order valence-corrected chi connectivity index (χ0v) is 15.6. The molecule has 0 fully saturated rings. The van der Waals surface area contributed by atoms with Crippen molar-refractivity contribution >= 4 is 33.6 Å². The molecule has 0 spiro atoms. The molecule has 2 heterocycles. The minimum atomic E-state index is -0.266. The zero-order chi connectivity index (χ0) is 18.5. The maximum absolute atomic E-state index is 12.2. The number of carbonyl (C=O) groups excluding carboxylic acids is 1. The number of aliphatic hydroxyl groups is 1. The Balaban J connectivity index is 1.77. The molecule has 0 unspecified atom stereocenters. The van der Waals surface area contributed by atoms with Crippen molar-refractivity contribution in [1.82, 2.24) is 14.8 Å². The number of hydrogen-bond acceptors (Lipinski definition) is 4. The Bertz CT molecular complexity index is 966. The molecule has 26 heavy (non-hydrogen) atoms. The van der Waals surface area contributed by atoms with Crippen LogP contribution < -0.4 is 5.32 Å². The number of carbonyl (C=O) groups is 1. The van der Waals surface area contributed by atoms with Crippen molar-refractivity contribution in [3.63, 3.8) is 0 Å². The standard InChI is InChI=1S/C19H17BrN4O2/c1-24-11-15(10-22-24)17-6-7-21-9-13(17)2-5-19(26)23-16-3-4-18(20)14(8-16)12-25/h2-11,25H,12H2,1H3,(H,23,26)/b5-2+. The van der Waals surface area contributed by atoms with Gasteiger partial charge in [0, 0.05) is 53.0 Å². The topological polar surface area (TPSA) is 80.0 Å². The van der Waals surface area contributed by atoms with Gasteiger partial charge in [-0.1, -0.05) is 15.9 Å². The number of nitrogens with zero attached hydrogens (tertiary/aromatic N) is 3. The van der Waals surface area contributed by atoms with E-state index in [0.717, 1.165) is 21.2 Å². The molecule has 2 N–H and O–H groups in total. The number of halogens is 1. The van der Waals surface area contributed by atoms with Crippen LogP contribution in [-0.4, -0.2) is 25.8 Å². The number of aliphatic hydroxyl groups excluding tert-OH is 1. The highest BCUT2D eigenvalue weighted by Gasteiger charge is 2.06. The van der Waals surface area contributed by atoms with Gasteiger partial charge in [-0.3, -0.25) is 14.5 Å². The van der Waals surface area contributed by atoms with Crippen LogP contribution in [0.5, 0.6) is 0 Å². The van der Waals surface area contributed by atoms with Crippen molar-refractivity contribution in [3.05, 3.63) is 70.7 Å². The number of rotatable bonds is 5. The molecule has 0 saturated heterocycles. The minimum absolute atomic E-state index is 0.107. The van der Waals surface area contributed by atoms with E-state index < -0.39 is 0 Å². The fourth-order valence-electron chi connectivity index (χ4n) is 2.49. The van der Waals surface area contributed by atoms with Crippen LogP contribution in [0.1, 0.15) is 11.1 Å². The summed E-state index contributed by atoms with van der Waals surface area (Å²) in [5.41, 5.74) is 4.05. The quantitative estimate of drug-likeness (QED) is 0.629. The normalized spacial score (nSPS) is 11.0. The Morgan fingerprint density at radius 3 is 2.92 bits per heavy atom. The van der Waals surface area contributed by atoms with Gasteiger partial charge < -0.3 is 10.4 Å². The molecular weight excluding hydrogens is 396 g/mol. The zero-order valence-electron chi connectivity index (χ0n) is 14.1. The van der Waals surface area contributed by atoms with E-state index >= 15 is 0 Å². The van der Waals surface area contributed by atoms with Crippen molar-refractivity contribution in [3.8, 4) is 11.1 Å². The number of hydrogen-bond donors (Lipinski definition) is 2. The van der Waals surface area contributed by atoms with Crippen LogP contribution in [0, 0.1) is 0 Å². The Morgan fingerprint density at radius 2 is 2.19 bits per heavy atom. The lowest BCUT2D eigenvalue weighted by Gasteiger charge is -2.06. The van der Waals surface area contributed by atoms with E-state index in [1.54, 1.807) is 47.5 Å². The third-order valence-corrected chi connectivity index (χ3v) is 4.54. The molecule has 0 radical (unpaired) electrons. The molecular formula is C19H17BrN4O2. The summed E-state index contributed by atoms with van der Waals surface area (Å²) in [6, 6.07) is 7.16. The second kappa shape index (κ2) is 8.07. The number of benzene rings is 1. The highest BCUT2D eigenvalue weighted by atomic mass is 79.9. The lowest BCUT2D eigenvalue weighted by atomic mass is 10.0. The van der Waals surface area contributed by atoms with E-state index in [1.807, 2.05) is 19.3 Å². The van der Waals surface area contributed by atoms with Gasteiger partial charge in [0.05, 0.1) is 12.8 Å². The predicted molar refractivity (Wildman–Crippen MR) is 104 cm³/mol. The van der Waals surface area contributed by atoms with Crippen LogP contribution in [0.25, 0.3) is 17.2 Å².